The van der Waals surface area contributed by atoms with Gasteiger partial charge >= 0.3 is 0 Å². The quantitative estimate of drug-likeness (QED) is 0.625. The van der Waals surface area contributed by atoms with Gasteiger partial charge in [0.2, 0.25) is 0 Å². The van der Waals surface area contributed by atoms with E-state index in [-0.39, 0.29) is 0 Å². The lowest BCUT2D eigenvalue weighted by atomic mass is 10.0. The van der Waals surface area contributed by atoms with E-state index in [1.165, 1.54) is 25.8 Å². The highest BCUT2D eigenvalue weighted by Gasteiger charge is 2.08. The molecule has 2 atom stereocenters. The number of hydrogen-bond donors (Lipinski definition) is 0. The molecule has 0 aliphatic rings. The summed E-state index contributed by atoms with van der Waals surface area (Å²) in [7, 11) is 2.23. The SMILES string of the molecule is CCC(C)N(C)CCC(C)CCBr. The van der Waals surface area contributed by atoms with Gasteiger partial charge in [-0.25, -0.2) is 0 Å². The third-order valence-corrected chi connectivity index (χ3v) is 3.38. The molecule has 0 rings (SSSR count). The van der Waals surface area contributed by atoms with Crippen molar-refractivity contribution in [3.8, 4) is 0 Å². The van der Waals surface area contributed by atoms with E-state index < -0.39 is 0 Å². The average molecular weight is 250 g/mol. The van der Waals surface area contributed by atoms with E-state index in [2.05, 4.69) is 48.6 Å². The van der Waals surface area contributed by atoms with Gasteiger partial charge in [-0.2, -0.15) is 0 Å². The molecular formula is C11H24BrN. The molecule has 0 aromatic heterocycles. The zero-order valence-electron chi connectivity index (χ0n) is 9.52. The molecule has 0 fully saturated rings. The van der Waals surface area contributed by atoms with Gasteiger partial charge in [-0.3, -0.25) is 0 Å². The highest BCUT2D eigenvalue weighted by molar-refractivity contribution is 9.09. The number of halogens is 1. The smallest absolute Gasteiger partial charge is 0.00612 e. The molecule has 0 aliphatic carbocycles. The molecule has 0 aliphatic heterocycles. The van der Waals surface area contributed by atoms with Crippen molar-refractivity contribution in [3.05, 3.63) is 0 Å². The van der Waals surface area contributed by atoms with Crippen molar-refractivity contribution in [2.75, 3.05) is 18.9 Å². The normalized spacial score (nSPS) is 16.2. The van der Waals surface area contributed by atoms with E-state index in [1.54, 1.807) is 0 Å². The topological polar surface area (TPSA) is 3.24 Å². The number of hydrogen-bond acceptors (Lipinski definition) is 1. The van der Waals surface area contributed by atoms with Gasteiger partial charge in [0, 0.05) is 11.4 Å². The first kappa shape index (κ1) is 13.4. The van der Waals surface area contributed by atoms with Gasteiger partial charge in [0.05, 0.1) is 0 Å². The summed E-state index contributed by atoms with van der Waals surface area (Å²) in [6.45, 7) is 8.13. The molecule has 0 amide bonds. The van der Waals surface area contributed by atoms with Crippen LogP contribution in [-0.2, 0) is 0 Å². The van der Waals surface area contributed by atoms with E-state index in [9.17, 15) is 0 Å². The molecule has 2 unspecified atom stereocenters. The fourth-order valence-electron chi connectivity index (χ4n) is 1.29. The van der Waals surface area contributed by atoms with Gasteiger partial charge in [-0.15, -0.1) is 0 Å². The minimum absolute atomic E-state index is 0.733. The lowest BCUT2D eigenvalue weighted by Crippen LogP contribution is -2.30. The molecule has 0 bridgehead atoms. The summed E-state index contributed by atoms with van der Waals surface area (Å²) >= 11 is 3.49. The molecule has 80 valence electrons. The predicted octanol–water partition coefficient (Wildman–Crippen LogP) is 3.53. The molecule has 0 saturated heterocycles. The first-order valence-corrected chi connectivity index (χ1v) is 6.50. The van der Waals surface area contributed by atoms with Crippen molar-refractivity contribution in [2.45, 2.75) is 46.1 Å². The van der Waals surface area contributed by atoms with Gasteiger partial charge in [-0.05, 0) is 45.7 Å². The summed E-state index contributed by atoms with van der Waals surface area (Å²) in [5.74, 6) is 0.853. The van der Waals surface area contributed by atoms with E-state index in [4.69, 9.17) is 0 Å². The van der Waals surface area contributed by atoms with Gasteiger partial charge in [0.15, 0.2) is 0 Å². The second kappa shape index (κ2) is 7.81. The van der Waals surface area contributed by atoms with Crippen LogP contribution >= 0.6 is 15.9 Å². The van der Waals surface area contributed by atoms with Gasteiger partial charge in [0.1, 0.15) is 0 Å². The molecule has 0 radical (unpaired) electrons. The molecule has 13 heavy (non-hydrogen) atoms. The minimum atomic E-state index is 0.733. The lowest BCUT2D eigenvalue weighted by Gasteiger charge is -2.24. The Hall–Kier alpha value is 0.440. The highest BCUT2D eigenvalue weighted by atomic mass is 79.9. The number of nitrogens with zero attached hydrogens (tertiary/aromatic N) is 1. The van der Waals surface area contributed by atoms with Crippen LogP contribution in [0.1, 0.15) is 40.0 Å². The van der Waals surface area contributed by atoms with Crippen molar-refractivity contribution in [1.82, 2.24) is 4.90 Å². The van der Waals surface area contributed by atoms with Crippen LogP contribution in [0.5, 0.6) is 0 Å². The summed E-state index contributed by atoms with van der Waals surface area (Å²) in [5, 5.41) is 1.14. The summed E-state index contributed by atoms with van der Waals surface area (Å²) < 4.78 is 0. The Labute approximate surface area is 92.0 Å². The molecule has 0 aromatic rings. The van der Waals surface area contributed by atoms with Crippen LogP contribution in [0.2, 0.25) is 0 Å². The van der Waals surface area contributed by atoms with Gasteiger partial charge in [0.25, 0.3) is 0 Å². The van der Waals surface area contributed by atoms with Crippen molar-refractivity contribution in [1.29, 1.82) is 0 Å². The van der Waals surface area contributed by atoms with Crippen LogP contribution in [-0.4, -0.2) is 29.9 Å². The second-order valence-electron chi connectivity index (χ2n) is 4.11. The van der Waals surface area contributed by atoms with Crippen LogP contribution in [0.25, 0.3) is 0 Å². The maximum absolute atomic E-state index is 3.49. The standard InChI is InChI=1S/C11H24BrN/c1-5-11(3)13(4)9-7-10(2)6-8-12/h10-11H,5-9H2,1-4H3. The fraction of sp³-hybridized carbons (Fsp3) is 1.00. The van der Waals surface area contributed by atoms with E-state index in [0.29, 0.717) is 0 Å². The van der Waals surface area contributed by atoms with Crippen molar-refractivity contribution < 1.29 is 0 Å². The maximum atomic E-state index is 3.49. The van der Waals surface area contributed by atoms with E-state index in [1.807, 2.05) is 0 Å². The Kier molecular flexibility index (Phi) is 8.07. The Morgan fingerprint density at radius 2 is 1.85 bits per heavy atom. The average Bonchev–Trinajstić information content (AvgIpc) is 2.13. The van der Waals surface area contributed by atoms with E-state index >= 15 is 0 Å². The monoisotopic (exact) mass is 249 g/mol. The van der Waals surface area contributed by atoms with Crippen LogP contribution in [0, 0.1) is 5.92 Å². The molecular weight excluding hydrogens is 226 g/mol. The third kappa shape index (κ3) is 6.50. The molecule has 0 saturated carbocycles. The van der Waals surface area contributed by atoms with Crippen LogP contribution in [0.3, 0.4) is 0 Å². The Balaban J connectivity index is 3.50. The van der Waals surface area contributed by atoms with Crippen LogP contribution < -0.4 is 0 Å². The van der Waals surface area contributed by atoms with Crippen LogP contribution in [0.4, 0.5) is 0 Å². The number of alkyl halides is 1. The molecule has 0 spiro atoms. The highest BCUT2D eigenvalue weighted by Crippen LogP contribution is 2.11. The molecule has 0 aromatic carbocycles. The lowest BCUT2D eigenvalue weighted by molar-refractivity contribution is 0.235. The fourth-order valence-corrected chi connectivity index (χ4v) is 2.07. The van der Waals surface area contributed by atoms with Crippen LogP contribution in [0.15, 0.2) is 0 Å². The van der Waals surface area contributed by atoms with Gasteiger partial charge in [-0.1, -0.05) is 29.8 Å². The molecule has 0 N–H and O–H groups in total. The predicted molar refractivity (Wildman–Crippen MR) is 64.6 cm³/mol. The van der Waals surface area contributed by atoms with Crippen molar-refractivity contribution in [2.24, 2.45) is 5.92 Å². The van der Waals surface area contributed by atoms with Crippen molar-refractivity contribution in [3.63, 3.8) is 0 Å². The maximum Gasteiger partial charge on any atom is 0.00612 e. The first-order valence-electron chi connectivity index (χ1n) is 5.38. The zero-order valence-corrected chi connectivity index (χ0v) is 11.1. The number of rotatable bonds is 7. The molecule has 2 heteroatoms. The molecule has 0 heterocycles. The Morgan fingerprint density at radius 3 is 2.31 bits per heavy atom. The summed E-state index contributed by atoms with van der Waals surface area (Å²) in [5.41, 5.74) is 0. The van der Waals surface area contributed by atoms with Gasteiger partial charge < -0.3 is 4.90 Å². The summed E-state index contributed by atoms with van der Waals surface area (Å²) in [4.78, 5) is 2.46. The van der Waals surface area contributed by atoms with Crippen molar-refractivity contribution >= 4 is 15.9 Å². The Bertz CT molecular complexity index is 117. The summed E-state index contributed by atoms with van der Waals surface area (Å²) in [6, 6.07) is 0.733. The summed E-state index contributed by atoms with van der Waals surface area (Å²) in [6.07, 6.45) is 3.88. The molecule has 1 nitrogen and oxygen atoms in total. The van der Waals surface area contributed by atoms with E-state index in [0.717, 1.165) is 17.3 Å². The third-order valence-electron chi connectivity index (χ3n) is 2.92. The first-order chi connectivity index (χ1) is 6.11. The second-order valence-corrected chi connectivity index (χ2v) is 4.90. The largest absolute Gasteiger partial charge is 0.304 e. The Morgan fingerprint density at radius 1 is 1.23 bits per heavy atom. The minimum Gasteiger partial charge on any atom is -0.304 e. The zero-order chi connectivity index (χ0) is 10.3.